The molecule has 0 aliphatic carbocycles. The minimum Gasteiger partial charge on any atom is -0.507 e. The number of piperidine rings is 1. The Morgan fingerprint density at radius 2 is 2.00 bits per heavy atom. The molecule has 2 N–H and O–H groups in total. The van der Waals surface area contributed by atoms with E-state index in [2.05, 4.69) is 18.3 Å². The van der Waals surface area contributed by atoms with Crippen LogP contribution < -0.4 is 5.32 Å². The second-order valence-electron chi connectivity index (χ2n) is 4.92. The van der Waals surface area contributed by atoms with Crippen molar-refractivity contribution in [2.75, 3.05) is 13.1 Å². The molecule has 1 fully saturated rings. The maximum atomic E-state index is 9.89. The highest BCUT2D eigenvalue weighted by Gasteiger charge is 2.19. The predicted molar refractivity (Wildman–Crippen MR) is 67.2 cm³/mol. The lowest BCUT2D eigenvalue weighted by atomic mass is 9.85. The number of hydrogen-bond acceptors (Lipinski definition) is 2. The molecule has 0 saturated carbocycles. The fourth-order valence-corrected chi connectivity index (χ4v) is 2.64. The Morgan fingerprint density at radius 3 is 2.62 bits per heavy atom. The Hall–Kier alpha value is -1.02. The number of hydrogen-bond donors (Lipinski definition) is 2. The highest BCUT2D eigenvalue weighted by atomic mass is 16.3. The molecule has 0 radical (unpaired) electrons. The van der Waals surface area contributed by atoms with Crippen LogP contribution in [0.1, 0.15) is 41.0 Å². The number of aryl methyl sites for hydroxylation is 1. The number of rotatable bonds is 1. The molecule has 2 rings (SSSR count). The summed E-state index contributed by atoms with van der Waals surface area (Å²) in [6.07, 6.45) is 2.51. The first-order valence-corrected chi connectivity index (χ1v) is 6.11. The summed E-state index contributed by atoms with van der Waals surface area (Å²) in [4.78, 5) is 0. The predicted octanol–water partition coefficient (Wildman–Crippen LogP) is 2.78. The number of benzene rings is 1. The monoisotopic (exact) mass is 219 g/mol. The summed E-state index contributed by atoms with van der Waals surface area (Å²) in [7, 11) is 0. The molecular weight excluding hydrogens is 198 g/mol. The zero-order valence-corrected chi connectivity index (χ0v) is 10.4. The topological polar surface area (TPSA) is 32.3 Å². The SMILES string of the molecule is Cc1cc(C2CCCNC2)c(C)c(C)c1O. The quantitative estimate of drug-likeness (QED) is 0.761. The Balaban J connectivity index is 2.40. The molecule has 88 valence electrons. The van der Waals surface area contributed by atoms with Crippen molar-refractivity contribution in [3.05, 3.63) is 28.3 Å². The molecule has 0 amide bonds. The zero-order valence-electron chi connectivity index (χ0n) is 10.4. The summed E-state index contributed by atoms with van der Waals surface area (Å²) in [5, 5.41) is 13.3. The van der Waals surface area contributed by atoms with E-state index < -0.39 is 0 Å². The van der Waals surface area contributed by atoms with Gasteiger partial charge in [-0.3, -0.25) is 0 Å². The summed E-state index contributed by atoms with van der Waals surface area (Å²) >= 11 is 0. The molecule has 2 heteroatoms. The molecule has 16 heavy (non-hydrogen) atoms. The van der Waals surface area contributed by atoms with Gasteiger partial charge in [0.05, 0.1) is 0 Å². The summed E-state index contributed by atoms with van der Waals surface area (Å²) in [5.74, 6) is 1.08. The molecule has 2 nitrogen and oxygen atoms in total. The van der Waals surface area contributed by atoms with Crippen LogP contribution in [-0.2, 0) is 0 Å². The third-order valence-electron chi connectivity index (χ3n) is 3.83. The van der Waals surface area contributed by atoms with E-state index in [1.807, 2.05) is 13.8 Å². The molecule has 1 atom stereocenters. The van der Waals surface area contributed by atoms with E-state index in [-0.39, 0.29) is 0 Å². The standard InChI is InChI=1S/C14H21NO/c1-9-7-13(10(2)11(3)14(9)16)12-5-4-6-15-8-12/h7,12,15-16H,4-6,8H2,1-3H3. The third-order valence-corrected chi connectivity index (χ3v) is 3.83. The molecule has 1 aromatic rings. The van der Waals surface area contributed by atoms with Gasteiger partial charge in [0.1, 0.15) is 5.75 Å². The number of phenols is 1. The first-order valence-electron chi connectivity index (χ1n) is 6.11. The first-order chi connectivity index (χ1) is 7.61. The lowest BCUT2D eigenvalue weighted by Crippen LogP contribution is -2.28. The smallest absolute Gasteiger partial charge is 0.121 e. The van der Waals surface area contributed by atoms with Crippen molar-refractivity contribution in [1.29, 1.82) is 0 Å². The van der Waals surface area contributed by atoms with E-state index in [4.69, 9.17) is 0 Å². The van der Waals surface area contributed by atoms with Crippen LogP contribution in [0.2, 0.25) is 0 Å². The fourth-order valence-electron chi connectivity index (χ4n) is 2.64. The molecule has 0 spiro atoms. The highest BCUT2D eigenvalue weighted by molar-refractivity contribution is 5.49. The van der Waals surface area contributed by atoms with Crippen LogP contribution in [0.25, 0.3) is 0 Å². The van der Waals surface area contributed by atoms with Gasteiger partial charge in [0.2, 0.25) is 0 Å². The molecule has 1 aliphatic rings. The summed E-state index contributed by atoms with van der Waals surface area (Å²) in [6.45, 7) is 8.34. The van der Waals surface area contributed by atoms with Gasteiger partial charge in [0.25, 0.3) is 0 Å². The van der Waals surface area contributed by atoms with Crippen molar-refractivity contribution >= 4 is 0 Å². The van der Waals surface area contributed by atoms with Crippen LogP contribution in [0.4, 0.5) is 0 Å². The van der Waals surface area contributed by atoms with Crippen molar-refractivity contribution in [1.82, 2.24) is 5.32 Å². The van der Waals surface area contributed by atoms with Gasteiger partial charge in [0.15, 0.2) is 0 Å². The second-order valence-corrected chi connectivity index (χ2v) is 4.92. The van der Waals surface area contributed by atoms with Crippen LogP contribution >= 0.6 is 0 Å². The highest BCUT2D eigenvalue weighted by Crippen LogP contribution is 2.33. The van der Waals surface area contributed by atoms with Gasteiger partial charge in [-0.25, -0.2) is 0 Å². The van der Waals surface area contributed by atoms with E-state index in [1.165, 1.54) is 24.0 Å². The molecule has 1 saturated heterocycles. The normalized spacial score (nSPS) is 21.1. The minimum absolute atomic E-state index is 0.463. The fraction of sp³-hybridized carbons (Fsp3) is 0.571. The third kappa shape index (κ3) is 1.94. The molecule has 1 aromatic carbocycles. The maximum Gasteiger partial charge on any atom is 0.121 e. The molecule has 1 unspecified atom stereocenters. The van der Waals surface area contributed by atoms with Gasteiger partial charge in [0, 0.05) is 6.54 Å². The Kier molecular flexibility index (Phi) is 3.20. The van der Waals surface area contributed by atoms with Gasteiger partial charge in [-0.05, 0) is 68.3 Å². The van der Waals surface area contributed by atoms with Gasteiger partial charge in [-0.2, -0.15) is 0 Å². The molecule has 0 aromatic heterocycles. The van der Waals surface area contributed by atoms with Crippen molar-refractivity contribution in [2.45, 2.75) is 39.5 Å². The average molecular weight is 219 g/mol. The van der Waals surface area contributed by atoms with Crippen molar-refractivity contribution in [2.24, 2.45) is 0 Å². The number of aromatic hydroxyl groups is 1. The van der Waals surface area contributed by atoms with Gasteiger partial charge >= 0.3 is 0 Å². The van der Waals surface area contributed by atoms with E-state index in [9.17, 15) is 5.11 Å². The number of phenolic OH excluding ortho intramolecular Hbond substituents is 1. The minimum atomic E-state index is 0.463. The van der Waals surface area contributed by atoms with Crippen molar-refractivity contribution in [3.63, 3.8) is 0 Å². The Bertz CT molecular complexity index is 392. The second kappa shape index (κ2) is 4.46. The Morgan fingerprint density at radius 1 is 1.25 bits per heavy atom. The summed E-state index contributed by atoms with van der Waals surface area (Å²) in [6, 6.07) is 2.16. The lowest BCUT2D eigenvalue weighted by Gasteiger charge is -2.26. The zero-order chi connectivity index (χ0) is 11.7. The van der Waals surface area contributed by atoms with E-state index in [0.717, 1.165) is 24.2 Å². The van der Waals surface area contributed by atoms with E-state index in [1.54, 1.807) is 0 Å². The molecule has 1 heterocycles. The van der Waals surface area contributed by atoms with E-state index >= 15 is 0 Å². The molecular formula is C14H21NO. The molecule has 1 aliphatic heterocycles. The van der Waals surface area contributed by atoms with Crippen LogP contribution in [0.5, 0.6) is 5.75 Å². The first kappa shape index (κ1) is 11.5. The lowest BCUT2D eigenvalue weighted by molar-refractivity contribution is 0.452. The maximum absolute atomic E-state index is 9.89. The average Bonchev–Trinajstić information content (AvgIpc) is 2.32. The van der Waals surface area contributed by atoms with Crippen molar-refractivity contribution in [3.8, 4) is 5.75 Å². The van der Waals surface area contributed by atoms with Crippen LogP contribution in [0.15, 0.2) is 6.07 Å². The van der Waals surface area contributed by atoms with Gasteiger partial charge in [-0.1, -0.05) is 6.07 Å². The largest absolute Gasteiger partial charge is 0.507 e. The number of nitrogens with one attached hydrogen (secondary N) is 1. The van der Waals surface area contributed by atoms with Crippen LogP contribution in [-0.4, -0.2) is 18.2 Å². The van der Waals surface area contributed by atoms with Gasteiger partial charge < -0.3 is 10.4 Å². The van der Waals surface area contributed by atoms with Gasteiger partial charge in [-0.15, -0.1) is 0 Å². The van der Waals surface area contributed by atoms with E-state index in [0.29, 0.717) is 11.7 Å². The van der Waals surface area contributed by atoms with Crippen LogP contribution in [0.3, 0.4) is 0 Å². The van der Waals surface area contributed by atoms with Crippen LogP contribution in [0, 0.1) is 20.8 Å². The Labute approximate surface area is 97.7 Å². The molecule has 0 bridgehead atoms. The summed E-state index contributed by atoms with van der Waals surface area (Å²) < 4.78 is 0. The van der Waals surface area contributed by atoms with Crippen molar-refractivity contribution < 1.29 is 5.11 Å². The summed E-state index contributed by atoms with van der Waals surface area (Å²) in [5.41, 5.74) is 4.72.